The lowest BCUT2D eigenvalue weighted by molar-refractivity contribution is 0.654. The average molecular weight is 264 g/mol. The van der Waals surface area contributed by atoms with Crippen LogP contribution in [0.15, 0.2) is 29.3 Å². The molecular formula is C14H20N2OS. The van der Waals surface area contributed by atoms with Crippen LogP contribution in [0.1, 0.15) is 30.5 Å². The summed E-state index contributed by atoms with van der Waals surface area (Å²) >= 11 is 0. The maximum absolute atomic E-state index is 12.6. The van der Waals surface area contributed by atoms with Gasteiger partial charge in [-0.3, -0.25) is 9.71 Å². The Morgan fingerprint density at radius 2 is 1.78 bits per heavy atom. The van der Waals surface area contributed by atoms with Crippen LogP contribution < -0.4 is 0 Å². The third kappa shape index (κ3) is 3.07. The smallest absolute Gasteiger partial charge is 0.158 e. The van der Waals surface area contributed by atoms with Gasteiger partial charge in [0.1, 0.15) is 5.84 Å². The van der Waals surface area contributed by atoms with Gasteiger partial charge in [-0.05, 0) is 45.7 Å². The fourth-order valence-corrected chi connectivity index (χ4v) is 3.31. The van der Waals surface area contributed by atoms with Crippen LogP contribution in [0.5, 0.6) is 0 Å². The monoisotopic (exact) mass is 264 g/mol. The van der Waals surface area contributed by atoms with Crippen LogP contribution in [-0.2, 0) is 11.0 Å². The van der Waals surface area contributed by atoms with Gasteiger partial charge < -0.3 is 0 Å². The first-order valence-electron chi connectivity index (χ1n) is 5.85. The molecule has 1 N–H and O–H groups in total. The second-order valence-electron chi connectivity index (χ2n) is 4.37. The zero-order valence-corrected chi connectivity index (χ0v) is 12.4. The van der Waals surface area contributed by atoms with Gasteiger partial charge in [-0.25, -0.2) is 4.21 Å². The Hall–Kier alpha value is -1.42. The molecule has 0 aliphatic rings. The number of rotatable bonds is 3. The molecule has 0 fully saturated rings. The standard InChI is InChI=1S/C14H20N2OS/c1-6-7-16(13(5)15)18(17)14-11(3)8-10(2)9-12(14)4/h6-9,15H,1-5H3/b7-6-,15-13?. The lowest BCUT2D eigenvalue weighted by atomic mass is 10.1. The molecule has 18 heavy (non-hydrogen) atoms. The van der Waals surface area contributed by atoms with Crippen LogP contribution >= 0.6 is 0 Å². The number of hydrogen-bond donors (Lipinski definition) is 1. The summed E-state index contributed by atoms with van der Waals surface area (Å²) in [5.41, 5.74) is 3.16. The quantitative estimate of drug-likeness (QED) is 0.659. The molecule has 0 aliphatic heterocycles. The minimum atomic E-state index is -1.36. The van der Waals surface area contributed by atoms with Gasteiger partial charge in [-0.2, -0.15) is 0 Å². The molecule has 0 spiro atoms. The van der Waals surface area contributed by atoms with Gasteiger partial charge in [0, 0.05) is 6.20 Å². The minimum Gasteiger partial charge on any atom is -0.288 e. The van der Waals surface area contributed by atoms with Gasteiger partial charge in [0.25, 0.3) is 0 Å². The molecule has 0 aliphatic carbocycles. The Morgan fingerprint density at radius 3 is 2.17 bits per heavy atom. The molecule has 98 valence electrons. The number of nitrogens with one attached hydrogen (secondary N) is 1. The van der Waals surface area contributed by atoms with Gasteiger partial charge in [0.2, 0.25) is 0 Å². The average Bonchev–Trinajstić information content (AvgIpc) is 2.23. The van der Waals surface area contributed by atoms with E-state index in [4.69, 9.17) is 5.41 Å². The second-order valence-corrected chi connectivity index (χ2v) is 5.67. The van der Waals surface area contributed by atoms with Crippen molar-refractivity contribution >= 4 is 16.8 Å². The summed E-state index contributed by atoms with van der Waals surface area (Å²) in [5.74, 6) is 0.269. The Balaban J connectivity index is 3.29. The predicted octanol–water partition coefficient (Wildman–Crippen LogP) is 3.47. The first kappa shape index (κ1) is 14.6. The van der Waals surface area contributed by atoms with Gasteiger partial charge in [-0.1, -0.05) is 23.8 Å². The van der Waals surface area contributed by atoms with E-state index in [2.05, 4.69) is 0 Å². The first-order chi connectivity index (χ1) is 8.38. The molecule has 0 aromatic heterocycles. The van der Waals surface area contributed by atoms with E-state index in [1.54, 1.807) is 19.2 Å². The third-order valence-electron chi connectivity index (χ3n) is 2.57. The summed E-state index contributed by atoms with van der Waals surface area (Å²) in [7, 11) is -1.36. The summed E-state index contributed by atoms with van der Waals surface area (Å²) in [4.78, 5) is 0.797. The molecule has 3 nitrogen and oxygen atoms in total. The van der Waals surface area contributed by atoms with Crippen LogP contribution in [0.25, 0.3) is 0 Å². The number of allylic oxidation sites excluding steroid dienone is 1. The molecule has 1 aromatic carbocycles. The van der Waals surface area contributed by atoms with E-state index in [0.29, 0.717) is 0 Å². The van der Waals surface area contributed by atoms with Crippen molar-refractivity contribution in [3.05, 3.63) is 41.1 Å². The summed E-state index contributed by atoms with van der Waals surface area (Å²) < 4.78 is 14.1. The molecular weight excluding hydrogens is 244 g/mol. The van der Waals surface area contributed by atoms with Crippen molar-refractivity contribution in [2.75, 3.05) is 0 Å². The zero-order valence-electron chi connectivity index (χ0n) is 11.6. The molecule has 4 heteroatoms. The van der Waals surface area contributed by atoms with Crippen molar-refractivity contribution in [3.63, 3.8) is 0 Å². The molecule has 1 rings (SSSR count). The second kappa shape index (κ2) is 5.96. The van der Waals surface area contributed by atoms with Crippen LogP contribution in [-0.4, -0.2) is 14.3 Å². The van der Waals surface area contributed by atoms with Crippen molar-refractivity contribution in [1.29, 1.82) is 5.41 Å². The highest BCUT2D eigenvalue weighted by Gasteiger charge is 2.18. The third-order valence-corrected chi connectivity index (χ3v) is 4.32. The SMILES string of the molecule is C/C=C\N(C(C)=N)S(=O)c1c(C)cc(C)cc1C. The predicted molar refractivity (Wildman–Crippen MR) is 77.1 cm³/mol. The summed E-state index contributed by atoms with van der Waals surface area (Å²) in [6.07, 6.45) is 3.46. The number of amidine groups is 1. The van der Waals surface area contributed by atoms with Crippen LogP contribution in [0.4, 0.5) is 0 Å². The van der Waals surface area contributed by atoms with Crippen LogP contribution in [0.3, 0.4) is 0 Å². The number of hydrogen-bond acceptors (Lipinski definition) is 2. The Labute approximate surface area is 112 Å². The zero-order chi connectivity index (χ0) is 13.9. The Kier molecular flexibility index (Phi) is 4.84. The van der Waals surface area contributed by atoms with E-state index in [1.165, 1.54) is 4.31 Å². The molecule has 0 heterocycles. The van der Waals surface area contributed by atoms with Crippen molar-refractivity contribution in [1.82, 2.24) is 4.31 Å². The normalized spacial score (nSPS) is 12.7. The lowest BCUT2D eigenvalue weighted by Gasteiger charge is -2.20. The molecule has 0 radical (unpaired) electrons. The van der Waals surface area contributed by atoms with Crippen molar-refractivity contribution in [3.8, 4) is 0 Å². The lowest BCUT2D eigenvalue weighted by Crippen LogP contribution is -2.25. The minimum absolute atomic E-state index is 0.269. The van der Waals surface area contributed by atoms with E-state index in [1.807, 2.05) is 39.8 Å². The summed E-state index contributed by atoms with van der Waals surface area (Å²) in [5, 5.41) is 7.70. The molecule has 0 bridgehead atoms. The molecule has 1 atom stereocenters. The van der Waals surface area contributed by atoms with Crippen LogP contribution in [0, 0.1) is 26.2 Å². The Morgan fingerprint density at radius 1 is 1.28 bits per heavy atom. The summed E-state index contributed by atoms with van der Waals surface area (Å²) in [6, 6.07) is 4.04. The van der Waals surface area contributed by atoms with Crippen LogP contribution in [0.2, 0.25) is 0 Å². The number of nitrogens with zero attached hydrogens (tertiary/aromatic N) is 1. The highest BCUT2D eigenvalue weighted by molar-refractivity contribution is 7.83. The van der Waals surface area contributed by atoms with E-state index in [9.17, 15) is 4.21 Å². The van der Waals surface area contributed by atoms with E-state index < -0.39 is 11.0 Å². The highest BCUT2D eigenvalue weighted by Crippen LogP contribution is 2.22. The first-order valence-corrected chi connectivity index (χ1v) is 6.96. The maximum Gasteiger partial charge on any atom is 0.158 e. The van der Waals surface area contributed by atoms with Gasteiger partial charge >= 0.3 is 0 Å². The molecule has 0 amide bonds. The molecule has 0 saturated heterocycles. The maximum atomic E-state index is 12.6. The van der Waals surface area contributed by atoms with Crippen molar-refractivity contribution < 1.29 is 4.21 Å². The molecule has 1 unspecified atom stereocenters. The fraction of sp³-hybridized carbons (Fsp3) is 0.357. The van der Waals surface area contributed by atoms with Gasteiger partial charge in [-0.15, -0.1) is 0 Å². The summed E-state index contributed by atoms with van der Waals surface area (Å²) in [6.45, 7) is 9.43. The highest BCUT2D eigenvalue weighted by atomic mass is 32.2. The number of aryl methyl sites for hydroxylation is 3. The van der Waals surface area contributed by atoms with Gasteiger partial charge in [0.05, 0.1) is 4.90 Å². The van der Waals surface area contributed by atoms with E-state index >= 15 is 0 Å². The largest absolute Gasteiger partial charge is 0.288 e. The topological polar surface area (TPSA) is 44.2 Å². The molecule has 0 saturated carbocycles. The Bertz CT molecular complexity index is 498. The van der Waals surface area contributed by atoms with E-state index in [-0.39, 0.29) is 5.84 Å². The van der Waals surface area contributed by atoms with Crippen molar-refractivity contribution in [2.24, 2.45) is 0 Å². The van der Waals surface area contributed by atoms with Crippen molar-refractivity contribution in [2.45, 2.75) is 39.5 Å². The van der Waals surface area contributed by atoms with E-state index in [0.717, 1.165) is 21.6 Å². The van der Waals surface area contributed by atoms with Gasteiger partial charge in [0.15, 0.2) is 11.0 Å². The fourth-order valence-electron chi connectivity index (χ4n) is 1.97. The molecule has 1 aromatic rings. The number of benzene rings is 1.